The Morgan fingerprint density at radius 3 is 2.41 bits per heavy atom. The minimum absolute atomic E-state index is 0.473. The molecule has 0 saturated heterocycles. The lowest BCUT2D eigenvalue weighted by atomic mass is 9.99. The van der Waals surface area contributed by atoms with Crippen molar-refractivity contribution in [1.82, 2.24) is 4.57 Å². The highest BCUT2D eigenvalue weighted by molar-refractivity contribution is 7.07. The SMILES string of the molecule is Cc1cc(C)c(-c2csc(=Nc3ccccc3C(C)C)n2C2CC2)cc1C. The van der Waals surface area contributed by atoms with Gasteiger partial charge in [0.15, 0.2) is 4.80 Å². The second kappa shape index (κ2) is 7.12. The Balaban J connectivity index is 1.90. The molecule has 0 amide bonds. The number of rotatable bonds is 4. The molecule has 1 aromatic heterocycles. The Bertz CT molecular complexity index is 1050. The van der Waals surface area contributed by atoms with Gasteiger partial charge in [-0.2, -0.15) is 0 Å². The minimum Gasteiger partial charge on any atom is -0.313 e. The molecule has 2 aromatic carbocycles. The van der Waals surface area contributed by atoms with E-state index in [1.807, 2.05) is 0 Å². The average molecular weight is 377 g/mol. The molecule has 0 atom stereocenters. The molecule has 0 spiro atoms. The van der Waals surface area contributed by atoms with Crippen LogP contribution >= 0.6 is 11.3 Å². The fraction of sp³-hybridized carbons (Fsp3) is 0.375. The number of benzene rings is 2. The summed E-state index contributed by atoms with van der Waals surface area (Å²) in [6.45, 7) is 11.1. The smallest absolute Gasteiger partial charge is 0.190 e. The van der Waals surface area contributed by atoms with Crippen molar-refractivity contribution >= 4 is 17.0 Å². The van der Waals surface area contributed by atoms with Gasteiger partial charge in [0, 0.05) is 17.0 Å². The predicted molar refractivity (Wildman–Crippen MR) is 116 cm³/mol. The third-order valence-electron chi connectivity index (χ3n) is 5.55. The van der Waals surface area contributed by atoms with Crippen LogP contribution in [-0.2, 0) is 0 Å². The third-order valence-corrected chi connectivity index (χ3v) is 6.39. The van der Waals surface area contributed by atoms with E-state index in [4.69, 9.17) is 4.99 Å². The average Bonchev–Trinajstić information content (AvgIpc) is 3.39. The number of hydrogen-bond donors (Lipinski definition) is 0. The summed E-state index contributed by atoms with van der Waals surface area (Å²) in [6.07, 6.45) is 2.51. The standard InChI is InChI=1S/C24H28N2S/c1-15(2)20-8-6-7-9-22(20)25-24-26(19-10-11-19)23(14-27-24)21-13-17(4)16(3)12-18(21)5/h6-9,12-15,19H,10-11H2,1-5H3. The van der Waals surface area contributed by atoms with Gasteiger partial charge in [-0.3, -0.25) is 0 Å². The summed E-state index contributed by atoms with van der Waals surface area (Å²) in [6, 6.07) is 13.8. The van der Waals surface area contributed by atoms with Gasteiger partial charge in [-0.1, -0.05) is 38.1 Å². The molecule has 1 saturated carbocycles. The van der Waals surface area contributed by atoms with Gasteiger partial charge in [-0.25, -0.2) is 4.99 Å². The molecule has 0 unspecified atom stereocenters. The first-order valence-corrected chi connectivity index (χ1v) is 10.8. The Hall–Kier alpha value is -2.13. The lowest BCUT2D eigenvalue weighted by molar-refractivity contribution is 0.723. The maximum Gasteiger partial charge on any atom is 0.190 e. The molecular formula is C24H28N2S. The molecule has 1 fully saturated rings. The van der Waals surface area contributed by atoms with E-state index in [0.717, 1.165) is 10.5 Å². The molecule has 4 rings (SSSR count). The van der Waals surface area contributed by atoms with Gasteiger partial charge in [0.1, 0.15) is 0 Å². The normalized spacial score (nSPS) is 15.0. The van der Waals surface area contributed by atoms with Crippen molar-refractivity contribution in [2.45, 2.75) is 59.4 Å². The number of nitrogens with zero attached hydrogens (tertiary/aromatic N) is 2. The zero-order valence-electron chi connectivity index (χ0n) is 16.9. The summed E-state index contributed by atoms with van der Waals surface area (Å²) in [4.78, 5) is 6.24. The monoisotopic (exact) mass is 376 g/mol. The Morgan fingerprint density at radius 1 is 1.00 bits per heavy atom. The van der Waals surface area contributed by atoms with Crippen LogP contribution in [0.25, 0.3) is 11.3 Å². The summed E-state index contributed by atoms with van der Waals surface area (Å²) in [5.74, 6) is 0.473. The van der Waals surface area contributed by atoms with E-state index in [1.165, 1.54) is 46.4 Å². The van der Waals surface area contributed by atoms with Crippen molar-refractivity contribution in [3.05, 3.63) is 68.8 Å². The van der Waals surface area contributed by atoms with E-state index in [1.54, 1.807) is 11.3 Å². The van der Waals surface area contributed by atoms with Crippen molar-refractivity contribution in [2.75, 3.05) is 0 Å². The molecule has 1 heterocycles. The number of hydrogen-bond acceptors (Lipinski definition) is 2. The maximum absolute atomic E-state index is 5.12. The fourth-order valence-electron chi connectivity index (χ4n) is 3.70. The third kappa shape index (κ3) is 3.53. The lowest BCUT2D eigenvalue weighted by Gasteiger charge is -2.13. The molecule has 0 radical (unpaired) electrons. The van der Waals surface area contributed by atoms with Crippen molar-refractivity contribution in [3.63, 3.8) is 0 Å². The highest BCUT2D eigenvalue weighted by Gasteiger charge is 2.28. The summed E-state index contributed by atoms with van der Waals surface area (Å²) >= 11 is 1.77. The van der Waals surface area contributed by atoms with Gasteiger partial charge >= 0.3 is 0 Å². The van der Waals surface area contributed by atoms with E-state index >= 15 is 0 Å². The highest BCUT2D eigenvalue weighted by Crippen LogP contribution is 2.39. The van der Waals surface area contributed by atoms with Crippen LogP contribution in [0.4, 0.5) is 5.69 Å². The quantitative estimate of drug-likeness (QED) is 0.475. The summed E-state index contributed by atoms with van der Waals surface area (Å²) in [5.41, 5.74) is 9.15. The number of aryl methyl sites for hydroxylation is 3. The van der Waals surface area contributed by atoms with Crippen molar-refractivity contribution in [1.29, 1.82) is 0 Å². The second-order valence-electron chi connectivity index (χ2n) is 8.08. The first-order chi connectivity index (χ1) is 13.0. The molecule has 0 N–H and O–H groups in total. The van der Waals surface area contributed by atoms with Gasteiger partial charge in [-0.05, 0) is 73.9 Å². The van der Waals surface area contributed by atoms with Crippen LogP contribution in [0.3, 0.4) is 0 Å². The predicted octanol–water partition coefficient (Wildman–Crippen LogP) is 6.83. The first kappa shape index (κ1) is 18.2. The van der Waals surface area contributed by atoms with Gasteiger partial charge in [0.05, 0.1) is 11.4 Å². The maximum atomic E-state index is 5.12. The Labute approximate surface area is 166 Å². The molecule has 1 aliphatic carbocycles. The molecule has 3 heteroatoms. The van der Waals surface area contributed by atoms with Crippen LogP contribution in [0.15, 0.2) is 46.8 Å². The molecule has 27 heavy (non-hydrogen) atoms. The number of thiazole rings is 1. The van der Waals surface area contributed by atoms with Gasteiger partial charge in [-0.15, -0.1) is 11.3 Å². The van der Waals surface area contributed by atoms with Gasteiger partial charge < -0.3 is 4.57 Å². The first-order valence-electron chi connectivity index (χ1n) is 9.87. The van der Waals surface area contributed by atoms with Gasteiger partial charge in [0.2, 0.25) is 0 Å². The number of para-hydroxylation sites is 1. The van der Waals surface area contributed by atoms with Crippen LogP contribution in [-0.4, -0.2) is 4.57 Å². The van der Waals surface area contributed by atoms with E-state index in [0.29, 0.717) is 12.0 Å². The van der Waals surface area contributed by atoms with Crippen molar-refractivity contribution in [2.24, 2.45) is 4.99 Å². The number of aromatic nitrogens is 1. The van der Waals surface area contributed by atoms with Crippen LogP contribution in [0, 0.1) is 20.8 Å². The Kier molecular flexibility index (Phi) is 4.81. The fourth-order valence-corrected chi connectivity index (χ4v) is 4.67. The molecule has 0 aliphatic heterocycles. The van der Waals surface area contributed by atoms with E-state index in [9.17, 15) is 0 Å². The van der Waals surface area contributed by atoms with E-state index in [-0.39, 0.29) is 0 Å². The zero-order chi connectivity index (χ0) is 19.1. The molecule has 3 aromatic rings. The summed E-state index contributed by atoms with van der Waals surface area (Å²) in [5, 5.41) is 2.30. The van der Waals surface area contributed by atoms with Crippen LogP contribution in [0.2, 0.25) is 0 Å². The van der Waals surface area contributed by atoms with Crippen molar-refractivity contribution in [3.8, 4) is 11.3 Å². The molecule has 0 bridgehead atoms. The molecule has 140 valence electrons. The van der Waals surface area contributed by atoms with Crippen LogP contribution in [0.5, 0.6) is 0 Å². The lowest BCUT2D eigenvalue weighted by Crippen LogP contribution is -2.15. The zero-order valence-corrected chi connectivity index (χ0v) is 17.7. The van der Waals surface area contributed by atoms with E-state index in [2.05, 4.69) is 81.0 Å². The van der Waals surface area contributed by atoms with E-state index < -0.39 is 0 Å². The van der Waals surface area contributed by atoms with Crippen molar-refractivity contribution < 1.29 is 0 Å². The minimum atomic E-state index is 0.473. The van der Waals surface area contributed by atoms with Crippen LogP contribution < -0.4 is 4.80 Å². The van der Waals surface area contributed by atoms with Crippen LogP contribution in [0.1, 0.15) is 60.9 Å². The second-order valence-corrected chi connectivity index (χ2v) is 8.92. The Morgan fingerprint density at radius 2 is 1.70 bits per heavy atom. The largest absolute Gasteiger partial charge is 0.313 e. The molecule has 2 nitrogen and oxygen atoms in total. The molecular weight excluding hydrogens is 348 g/mol. The van der Waals surface area contributed by atoms with Gasteiger partial charge in [0.25, 0.3) is 0 Å². The summed E-state index contributed by atoms with van der Waals surface area (Å²) < 4.78 is 2.48. The topological polar surface area (TPSA) is 17.3 Å². The summed E-state index contributed by atoms with van der Waals surface area (Å²) in [7, 11) is 0. The highest BCUT2D eigenvalue weighted by atomic mass is 32.1. The molecule has 1 aliphatic rings.